The number of nitrogens with zero attached hydrogens (tertiary/aromatic N) is 5. The SMILES string of the molecule is Cc1noc2ncn(CC(=O)N3CCN(c4cccc(C(F)(F)F)c4)CC3)c(=O)c12. The van der Waals surface area contributed by atoms with Crippen molar-refractivity contribution in [2.75, 3.05) is 31.1 Å². The molecule has 158 valence electrons. The second-order valence-electron chi connectivity index (χ2n) is 7.04. The van der Waals surface area contributed by atoms with Crippen LogP contribution in [0.5, 0.6) is 0 Å². The van der Waals surface area contributed by atoms with Gasteiger partial charge in [0.25, 0.3) is 11.3 Å². The van der Waals surface area contributed by atoms with Gasteiger partial charge in [-0.1, -0.05) is 11.2 Å². The van der Waals surface area contributed by atoms with Crippen LogP contribution < -0.4 is 10.5 Å². The van der Waals surface area contributed by atoms with Gasteiger partial charge in [-0.2, -0.15) is 13.2 Å². The number of piperazine rings is 1. The van der Waals surface area contributed by atoms with Crippen molar-refractivity contribution in [3.63, 3.8) is 0 Å². The molecular weight excluding hydrogens is 403 g/mol. The van der Waals surface area contributed by atoms with Gasteiger partial charge in [-0.25, -0.2) is 4.98 Å². The summed E-state index contributed by atoms with van der Waals surface area (Å²) in [5.74, 6) is -0.268. The zero-order chi connectivity index (χ0) is 21.5. The number of hydrogen-bond acceptors (Lipinski definition) is 6. The highest BCUT2D eigenvalue weighted by Gasteiger charge is 2.31. The molecule has 30 heavy (non-hydrogen) atoms. The van der Waals surface area contributed by atoms with E-state index in [1.807, 2.05) is 0 Å². The summed E-state index contributed by atoms with van der Waals surface area (Å²) in [6.07, 6.45) is -3.16. The minimum absolute atomic E-state index is 0.121. The van der Waals surface area contributed by atoms with Gasteiger partial charge in [0.1, 0.15) is 18.3 Å². The number of anilines is 1. The van der Waals surface area contributed by atoms with Crippen LogP contribution in [0.15, 0.2) is 39.9 Å². The maximum Gasteiger partial charge on any atom is 0.416 e. The molecule has 11 heteroatoms. The van der Waals surface area contributed by atoms with Gasteiger partial charge in [0, 0.05) is 31.9 Å². The molecule has 1 aromatic carbocycles. The Morgan fingerprint density at radius 1 is 1.20 bits per heavy atom. The zero-order valence-electron chi connectivity index (χ0n) is 16.0. The minimum atomic E-state index is -4.40. The van der Waals surface area contributed by atoms with Crippen molar-refractivity contribution in [2.45, 2.75) is 19.6 Å². The Bertz CT molecular complexity index is 1150. The van der Waals surface area contributed by atoms with E-state index in [1.165, 1.54) is 17.0 Å². The van der Waals surface area contributed by atoms with E-state index < -0.39 is 17.3 Å². The van der Waals surface area contributed by atoms with Crippen LogP contribution in [0.1, 0.15) is 11.3 Å². The zero-order valence-corrected chi connectivity index (χ0v) is 16.0. The number of fused-ring (bicyclic) bond motifs is 1. The van der Waals surface area contributed by atoms with Crippen LogP contribution in [-0.4, -0.2) is 51.7 Å². The molecule has 1 aliphatic rings. The number of rotatable bonds is 3. The standard InChI is InChI=1S/C19H18F3N5O3/c1-12-16-17(30-24-12)23-11-27(18(16)29)10-15(28)26-7-5-25(6-8-26)14-4-2-3-13(9-14)19(20,21)22/h2-4,9,11H,5-8,10H2,1H3. The fourth-order valence-electron chi connectivity index (χ4n) is 3.46. The van der Waals surface area contributed by atoms with Crippen LogP contribution in [0, 0.1) is 6.92 Å². The number of aryl methyl sites for hydroxylation is 1. The molecular formula is C19H18F3N5O3. The molecule has 3 heterocycles. The molecule has 4 rings (SSSR count). The molecule has 0 saturated carbocycles. The molecule has 0 unspecified atom stereocenters. The third-order valence-corrected chi connectivity index (χ3v) is 5.11. The number of carbonyl (C=O) groups excluding carboxylic acids is 1. The molecule has 0 N–H and O–H groups in total. The lowest BCUT2D eigenvalue weighted by Gasteiger charge is -2.36. The monoisotopic (exact) mass is 421 g/mol. The molecule has 0 spiro atoms. The van der Waals surface area contributed by atoms with E-state index in [0.29, 0.717) is 37.6 Å². The number of halogens is 3. The average molecular weight is 421 g/mol. The lowest BCUT2D eigenvalue weighted by Crippen LogP contribution is -2.50. The summed E-state index contributed by atoms with van der Waals surface area (Å²) < 4.78 is 44.9. The van der Waals surface area contributed by atoms with E-state index in [0.717, 1.165) is 12.1 Å². The van der Waals surface area contributed by atoms with Gasteiger partial charge in [0.15, 0.2) is 0 Å². The number of hydrogen-bond donors (Lipinski definition) is 0. The average Bonchev–Trinajstić information content (AvgIpc) is 3.11. The maximum atomic E-state index is 12.9. The van der Waals surface area contributed by atoms with Crippen molar-refractivity contribution >= 4 is 22.7 Å². The van der Waals surface area contributed by atoms with Crippen molar-refractivity contribution < 1.29 is 22.5 Å². The maximum absolute atomic E-state index is 12.9. The van der Waals surface area contributed by atoms with Crippen molar-refractivity contribution in [1.29, 1.82) is 0 Å². The summed E-state index contributed by atoms with van der Waals surface area (Å²) in [4.78, 5) is 32.6. The van der Waals surface area contributed by atoms with Gasteiger partial charge in [-0.3, -0.25) is 14.2 Å². The first-order chi connectivity index (χ1) is 14.2. The first-order valence-electron chi connectivity index (χ1n) is 9.25. The van der Waals surface area contributed by atoms with E-state index in [9.17, 15) is 22.8 Å². The van der Waals surface area contributed by atoms with Crippen molar-refractivity contribution in [3.05, 3.63) is 52.2 Å². The molecule has 1 amide bonds. The number of alkyl halides is 3. The molecule has 0 bridgehead atoms. The van der Waals surface area contributed by atoms with E-state index in [2.05, 4.69) is 10.1 Å². The highest BCUT2D eigenvalue weighted by Crippen LogP contribution is 2.31. The van der Waals surface area contributed by atoms with Crippen LogP contribution in [-0.2, 0) is 17.5 Å². The summed E-state index contributed by atoms with van der Waals surface area (Å²) in [6.45, 7) is 2.90. The van der Waals surface area contributed by atoms with E-state index in [4.69, 9.17) is 4.52 Å². The van der Waals surface area contributed by atoms with Crippen molar-refractivity contribution in [1.82, 2.24) is 19.6 Å². The number of aromatic nitrogens is 3. The van der Waals surface area contributed by atoms with E-state index in [1.54, 1.807) is 22.8 Å². The van der Waals surface area contributed by atoms with Gasteiger partial charge in [0.2, 0.25) is 5.91 Å². The summed E-state index contributed by atoms with van der Waals surface area (Å²) in [6, 6.07) is 5.13. The van der Waals surface area contributed by atoms with Crippen LogP contribution in [0.2, 0.25) is 0 Å². The second kappa shape index (κ2) is 7.47. The summed E-state index contributed by atoms with van der Waals surface area (Å²) >= 11 is 0. The highest BCUT2D eigenvalue weighted by atomic mass is 19.4. The predicted octanol–water partition coefficient (Wildman–Crippen LogP) is 2.06. The van der Waals surface area contributed by atoms with E-state index in [-0.39, 0.29) is 23.6 Å². The molecule has 1 fully saturated rings. The first kappa shape index (κ1) is 19.9. The summed E-state index contributed by atoms with van der Waals surface area (Å²) in [5, 5.41) is 3.94. The molecule has 8 nitrogen and oxygen atoms in total. The van der Waals surface area contributed by atoms with Gasteiger partial charge in [0.05, 0.1) is 11.3 Å². The quantitative estimate of drug-likeness (QED) is 0.644. The van der Waals surface area contributed by atoms with Crippen LogP contribution in [0.3, 0.4) is 0 Å². The Morgan fingerprint density at radius 3 is 2.63 bits per heavy atom. The Morgan fingerprint density at radius 2 is 1.93 bits per heavy atom. The van der Waals surface area contributed by atoms with Crippen molar-refractivity contribution in [2.24, 2.45) is 0 Å². The van der Waals surface area contributed by atoms with Gasteiger partial charge >= 0.3 is 6.18 Å². The predicted molar refractivity (Wildman–Crippen MR) is 101 cm³/mol. The van der Waals surface area contributed by atoms with Crippen LogP contribution in [0.4, 0.5) is 18.9 Å². The molecule has 0 radical (unpaired) electrons. The molecule has 0 aliphatic carbocycles. The topological polar surface area (TPSA) is 84.5 Å². The normalized spacial score (nSPS) is 15.1. The lowest BCUT2D eigenvalue weighted by molar-refractivity contribution is -0.137. The smallest absolute Gasteiger partial charge is 0.368 e. The molecule has 2 aromatic heterocycles. The Kier molecular flexibility index (Phi) is 4.96. The first-order valence-corrected chi connectivity index (χ1v) is 9.25. The number of carbonyl (C=O) groups is 1. The second-order valence-corrected chi connectivity index (χ2v) is 7.04. The van der Waals surface area contributed by atoms with Crippen LogP contribution in [0.25, 0.3) is 11.1 Å². The Hall–Kier alpha value is -3.37. The highest BCUT2D eigenvalue weighted by molar-refractivity contribution is 5.78. The fourth-order valence-corrected chi connectivity index (χ4v) is 3.46. The van der Waals surface area contributed by atoms with Crippen LogP contribution >= 0.6 is 0 Å². The largest absolute Gasteiger partial charge is 0.416 e. The Balaban J connectivity index is 1.42. The van der Waals surface area contributed by atoms with E-state index >= 15 is 0 Å². The van der Waals surface area contributed by atoms with Crippen molar-refractivity contribution in [3.8, 4) is 0 Å². The van der Waals surface area contributed by atoms with Gasteiger partial charge < -0.3 is 14.3 Å². The summed E-state index contributed by atoms with van der Waals surface area (Å²) in [5.41, 5.74) is -0.125. The molecule has 1 aliphatic heterocycles. The summed E-state index contributed by atoms with van der Waals surface area (Å²) in [7, 11) is 0. The third-order valence-electron chi connectivity index (χ3n) is 5.11. The molecule has 1 saturated heterocycles. The number of amides is 1. The number of benzene rings is 1. The van der Waals surface area contributed by atoms with Gasteiger partial charge in [-0.05, 0) is 25.1 Å². The molecule has 3 aromatic rings. The Labute approximate surface area is 168 Å². The fraction of sp³-hybridized carbons (Fsp3) is 0.368. The van der Waals surface area contributed by atoms with Gasteiger partial charge in [-0.15, -0.1) is 0 Å². The minimum Gasteiger partial charge on any atom is -0.368 e. The lowest BCUT2D eigenvalue weighted by atomic mass is 10.1. The molecule has 0 atom stereocenters. The third kappa shape index (κ3) is 3.74.